The first-order chi connectivity index (χ1) is 7.96. The standard InChI is InChI=1S/C15H28NSi.2ClH.Hf/c1-14(2,3)13-11(16-15(4,5)6)9-10-12(13)17(7)8;;;/h10,17H,9H2,1-8H3;2*1H;/q-1;;;+1. The molecule has 0 unspecified atom stereocenters. The Morgan fingerprint density at radius 1 is 1.05 bits per heavy atom. The van der Waals surface area contributed by atoms with E-state index in [9.17, 15) is 0 Å². The molecule has 117 valence electrons. The van der Waals surface area contributed by atoms with E-state index in [-0.39, 0.29) is 35.8 Å². The molecule has 0 amide bonds. The summed E-state index contributed by atoms with van der Waals surface area (Å²) in [5.41, 5.74) is 3.81. The molecule has 0 atom stereocenters. The van der Waals surface area contributed by atoms with Crippen LogP contribution in [-0.4, -0.2) is 17.2 Å². The van der Waals surface area contributed by atoms with Crippen LogP contribution in [0.1, 0.15) is 48.0 Å². The van der Waals surface area contributed by atoms with E-state index in [0.29, 0.717) is 0 Å². The van der Waals surface area contributed by atoms with Gasteiger partial charge in [-0.2, -0.15) is 0 Å². The number of rotatable bonds is 2. The Hall–Kier alpha value is 0.947. The predicted octanol–water partition coefficient (Wildman–Crippen LogP) is 5.05. The molecule has 0 spiro atoms. The van der Waals surface area contributed by atoms with Crippen LogP contribution in [0.3, 0.4) is 0 Å². The number of hydrogen-bond donors (Lipinski definition) is 0. The topological polar surface area (TPSA) is 3.24 Å². The van der Waals surface area contributed by atoms with Crippen LogP contribution in [0.2, 0.25) is 13.1 Å². The average molecular weight is 502 g/mol. The maximum Gasteiger partial charge on any atom is -0.147 e. The van der Waals surface area contributed by atoms with Crippen molar-refractivity contribution < 1.29 is 24.7 Å². The minimum atomic E-state index is -0.722. The van der Waals surface area contributed by atoms with E-state index in [0.717, 1.165) is 31.1 Å². The average Bonchev–Trinajstić information content (AvgIpc) is 2.57. The van der Waals surface area contributed by atoms with Crippen LogP contribution in [0.5, 0.6) is 0 Å². The van der Waals surface area contributed by atoms with Gasteiger partial charge in [-0.05, 0) is 0 Å². The second-order valence-electron chi connectivity index (χ2n) is 7.60. The van der Waals surface area contributed by atoms with Crippen LogP contribution in [0.4, 0.5) is 0 Å². The zero-order chi connectivity index (χ0) is 14.3. The Labute approximate surface area is 155 Å². The van der Waals surface area contributed by atoms with Gasteiger partial charge in [-0.15, -0.1) is 24.8 Å². The van der Waals surface area contributed by atoms with E-state index in [2.05, 4.69) is 63.6 Å². The molecule has 0 fully saturated rings. The van der Waals surface area contributed by atoms with Gasteiger partial charge in [0, 0.05) is 0 Å². The second kappa shape index (κ2) is 7.98. The van der Waals surface area contributed by atoms with Gasteiger partial charge in [-0.3, -0.25) is 0 Å². The minimum absolute atomic E-state index is 0. The van der Waals surface area contributed by atoms with E-state index in [1.165, 1.54) is 0 Å². The van der Waals surface area contributed by atoms with E-state index in [1.54, 1.807) is 16.5 Å². The summed E-state index contributed by atoms with van der Waals surface area (Å²) in [6.07, 6.45) is 3.68. The summed E-state index contributed by atoms with van der Waals surface area (Å²) in [5, 5.41) is 1.71. The van der Waals surface area contributed by atoms with Gasteiger partial charge in [0.1, 0.15) is 0 Å². The summed E-state index contributed by atoms with van der Waals surface area (Å²) in [6, 6.07) is 0. The SMILES string of the molecule is C[SiH](C)C1=CCC([N]([Hf])C(C)(C)C)=C1C(C)(C)C.Cl.Cl. The van der Waals surface area contributed by atoms with Gasteiger partial charge in [-0.25, -0.2) is 0 Å². The van der Waals surface area contributed by atoms with Crippen molar-refractivity contribution in [3.05, 3.63) is 22.5 Å². The molecule has 0 aromatic heterocycles. The summed E-state index contributed by atoms with van der Waals surface area (Å²) in [5.74, 6) is 0. The van der Waals surface area contributed by atoms with Crippen molar-refractivity contribution in [1.82, 2.24) is 2.89 Å². The maximum absolute atomic E-state index is 2.62. The van der Waals surface area contributed by atoms with Gasteiger partial charge >= 0.3 is 131 Å². The fraction of sp³-hybridized carbons (Fsp3) is 0.733. The predicted molar refractivity (Wildman–Crippen MR) is 94.1 cm³/mol. The summed E-state index contributed by atoms with van der Waals surface area (Å²) in [7, 11) is -0.722. The smallest absolute Gasteiger partial charge is 0.147 e. The fourth-order valence-electron chi connectivity index (χ4n) is 2.58. The van der Waals surface area contributed by atoms with Crippen molar-refractivity contribution in [2.24, 2.45) is 5.41 Å². The van der Waals surface area contributed by atoms with Gasteiger partial charge in [-0.1, -0.05) is 0 Å². The third-order valence-electron chi connectivity index (χ3n) is 3.41. The van der Waals surface area contributed by atoms with Crippen LogP contribution in [0.15, 0.2) is 22.5 Å². The van der Waals surface area contributed by atoms with E-state index >= 15 is 0 Å². The summed E-state index contributed by atoms with van der Waals surface area (Å²) >= 11 is 1.11. The fourth-order valence-corrected chi connectivity index (χ4v) is 5.07. The maximum atomic E-state index is 2.62. The Balaban J connectivity index is 0. The first-order valence-corrected chi connectivity index (χ1v) is 11.4. The van der Waals surface area contributed by atoms with Gasteiger partial charge in [0.15, 0.2) is 0 Å². The number of allylic oxidation sites excluding steroid dienone is 3. The van der Waals surface area contributed by atoms with Crippen molar-refractivity contribution >= 4 is 33.6 Å². The van der Waals surface area contributed by atoms with Gasteiger partial charge in [0.05, 0.1) is 0 Å². The molecule has 0 N–H and O–H groups in total. The van der Waals surface area contributed by atoms with E-state index in [4.69, 9.17) is 0 Å². The third kappa shape index (κ3) is 5.30. The molecular formula is C15H30Cl2HfNSi. The normalized spacial score (nSPS) is 15.7. The van der Waals surface area contributed by atoms with Crippen molar-refractivity contribution in [3.8, 4) is 0 Å². The first-order valence-electron chi connectivity index (χ1n) is 6.91. The van der Waals surface area contributed by atoms with Crippen molar-refractivity contribution in [2.75, 3.05) is 0 Å². The molecule has 1 aliphatic carbocycles. The van der Waals surface area contributed by atoms with E-state index < -0.39 is 8.80 Å². The third-order valence-corrected chi connectivity index (χ3v) is 8.55. The molecule has 0 radical (unpaired) electrons. The molecule has 1 rings (SSSR count). The zero-order valence-corrected chi connectivity index (χ0v) is 20.5. The number of nitrogens with zero attached hydrogens (tertiary/aromatic N) is 1. The van der Waals surface area contributed by atoms with Crippen molar-refractivity contribution in [1.29, 1.82) is 0 Å². The Morgan fingerprint density at radius 3 is 1.80 bits per heavy atom. The molecular weight excluding hydrogens is 472 g/mol. The van der Waals surface area contributed by atoms with Crippen LogP contribution < -0.4 is 0 Å². The van der Waals surface area contributed by atoms with Crippen LogP contribution in [-0.2, 0) is 24.7 Å². The molecule has 5 heteroatoms. The second-order valence-corrected chi connectivity index (χ2v) is 12.1. The molecule has 0 bridgehead atoms. The molecule has 0 aromatic rings. The summed E-state index contributed by atoms with van der Waals surface area (Å²) in [6.45, 7) is 19.0. The van der Waals surface area contributed by atoms with Crippen LogP contribution in [0.25, 0.3) is 0 Å². The Kier molecular flexibility index (Phi) is 9.27. The molecule has 1 aliphatic rings. The first kappa shape index (κ1) is 23.2. The molecule has 20 heavy (non-hydrogen) atoms. The van der Waals surface area contributed by atoms with Gasteiger partial charge in [0.2, 0.25) is 0 Å². The van der Waals surface area contributed by atoms with E-state index in [1.807, 2.05) is 0 Å². The molecule has 1 nitrogen and oxygen atoms in total. The van der Waals surface area contributed by atoms with Crippen molar-refractivity contribution in [3.63, 3.8) is 0 Å². The number of halogens is 2. The monoisotopic (exact) mass is 502 g/mol. The van der Waals surface area contributed by atoms with Crippen LogP contribution in [0, 0.1) is 5.41 Å². The molecule has 0 aromatic carbocycles. The summed E-state index contributed by atoms with van der Waals surface area (Å²) < 4.78 is 2.62. The Bertz CT molecular complexity index is 390. The quantitative estimate of drug-likeness (QED) is 0.479. The molecule has 0 aliphatic heterocycles. The number of hydrogen-bond acceptors (Lipinski definition) is 1. The van der Waals surface area contributed by atoms with Crippen molar-refractivity contribution in [2.45, 2.75) is 66.6 Å². The largest absolute Gasteiger partial charge is 0.147 e. The minimum Gasteiger partial charge on any atom is -0.147 e. The zero-order valence-electron chi connectivity index (χ0n) is 14.1. The Morgan fingerprint density at radius 2 is 1.50 bits per heavy atom. The molecule has 0 saturated heterocycles. The van der Waals surface area contributed by atoms with Crippen LogP contribution >= 0.6 is 24.8 Å². The molecule has 0 heterocycles. The van der Waals surface area contributed by atoms with Gasteiger partial charge < -0.3 is 0 Å². The summed E-state index contributed by atoms with van der Waals surface area (Å²) in [4.78, 5) is 0. The van der Waals surface area contributed by atoms with Gasteiger partial charge in [0.25, 0.3) is 0 Å². The molecule has 0 saturated carbocycles.